The van der Waals surface area contributed by atoms with Crippen LogP contribution < -0.4 is 5.32 Å². The van der Waals surface area contributed by atoms with Crippen molar-refractivity contribution in [2.24, 2.45) is 0 Å². The van der Waals surface area contributed by atoms with E-state index >= 15 is 0 Å². The molecular weight excluding hydrogens is 228 g/mol. The summed E-state index contributed by atoms with van der Waals surface area (Å²) in [5, 5.41) is 15.9. The first-order chi connectivity index (χ1) is 8.40. The zero-order valence-corrected chi connectivity index (χ0v) is 10.2. The van der Waals surface area contributed by atoms with Crippen molar-refractivity contribution in [1.82, 2.24) is 5.32 Å². The van der Waals surface area contributed by atoms with E-state index in [2.05, 4.69) is 28.9 Å². The number of benzene rings is 1. The van der Waals surface area contributed by atoms with Crippen LogP contribution in [0.25, 0.3) is 15.7 Å². The summed E-state index contributed by atoms with van der Waals surface area (Å²) < 4.78 is 1.20. The van der Waals surface area contributed by atoms with E-state index in [0.29, 0.717) is 0 Å². The summed E-state index contributed by atoms with van der Waals surface area (Å²) in [5.74, 6) is 0. The molecule has 0 unspecified atom stereocenters. The molecule has 0 amide bonds. The second-order valence-corrected chi connectivity index (χ2v) is 5.05. The Morgan fingerprint density at radius 2 is 2.29 bits per heavy atom. The summed E-state index contributed by atoms with van der Waals surface area (Å²) in [6.45, 7) is 1.96. The van der Waals surface area contributed by atoms with Gasteiger partial charge in [0.05, 0.1) is 11.6 Å². The van der Waals surface area contributed by atoms with Crippen LogP contribution in [0.3, 0.4) is 0 Å². The van der Waals surface area contributed by atoms with Crippen molar-refractivity contribution in [3.05, 3.63) is 40.8 Å². The monoisotopic (exact) mass is 240 g/mol. The highest BCUT2D eigenvalue weighted by Gasteiger charge is 2.13. The number of nitrogens with zero attached hydrogens (tertiary/aromatic N) is 1. The van der Waals surface area contributed by atoms with Gasteiger partial charge in [0, 0.05) is 16.6 Å². The average molecular weight is 240 g/mol. The maximum atomic E-state index is 9.20. The van der Waals surface area contributed by atoms with Gasteiger partial charge >= 0.3 is 0 Å². The summed E-state index contributed by atoms with van der Waals surface area (Å²) in [6.07, 6.45) is 3.35. The summed E-state index contributed by atoms with van der Waals surface area (Å²) in [6, 6.07) is 8.23. The lowest BCUT2D eigenvalue weighted by atomic mass is 9.99. The van der Waals surface area contributed by atoms with Crippen molar-refractivity contribution >= 4 is 27.0 Å². The van der Waals surface area contributed by atoms with E-state index in [0.717, 1.165) is 30.5 Å². The third kappa shape index (κ3) is 1.76. The predicted molar refractivity (Wildman–Crippen MR) is 72.0 cm³/mol. The van der Waals surface area contributed by atoms with Gasteiger partial charge in [0.25, 0.3) is 0 Å². The smallest absolute Gasteiger partial charge is 0.0998 e. The lowest BCUT2D eigenvalue weighted by molar-refractivity contribution is 0.740. The Bertz CT molecular complexity index is 631. The van der Waals surface area contributed by atoms with Gasteiger partial charge in [-0.25, -0.2) is 0 Å². The molecule has 2 aromatic rings. The highest BCUT2D eigenvalue weighted by Crippen LogP contribution is 2.33. The topological polar surface area (TPSA) is 35.8 Å². The predicted octanol–water partition coefficient (Wildman–Crippen LogP) is 3.15. The van der Waals surface area contributed by atoms with Gasteiger partial charge in [-0.2, -0.15) is 5.26 Å². The summed E-state index contributed by atoms with van der Waals surface area (Å²) in [7, 11) is 0. The van der Waals surface area contributed by atoms with E-state index in [4.69, 9.17) is 0 Å². The quantitative estimate of drug-likeness (QED) is 0.831. The molecule has 0 aliphatic carbocycles. The van der Waals surface area contributed by atoms with E-state index in [-0.39, 0.29) is 0 Å². The molecule has 1 aliphatic heterocycles. The van der Waals surface area contributed by atoms with Crippen molar-refractivity contribution in [3.8, 4) is 6.07 Å². The molecule has 0 fully saturated rings. The maximum absolute atomic E-state index is 9.20. The van der Waals surface area contributed by atoms with E-state index in [1.54, 1.807) is 11.3 Å². The van der Waals surface area contributed by atoms with Crippen LogP contribution in [0.2, 0.25) is 0 Å². The zero-order chi connectivity index (χ0) is 11.7. The van der Waals surface area contributed by atoms with Crippen LogP contribution in [-0.2, 0) is 0 Å². The number of rotatable bonds is 1. The Hall–Kier alpha value is -1.63. The Morgan fingerprint density at radius 3 is 3.06 bits per heavy atom. The number of nitrogens with one attached hydrogen (secondary N) is 1. The molecule has 1 aromatic carbocycles. The number of nitriles is 1. The first kappa shape index (κ1) is 10.5. The second-order valence-electron chi connectivity index (χ2n) is 4.13. The Labute approximate surface area is 104 Å². The average Bonchev–Trinajstić information content (AvgIpc) is 2.83. The number of hydrogen-bond acceptors (Lipinski definition) is 3. The van der Waals surface area contributed by atoms with Crippen LogP contribution in [0, 0.1) is 11.3 Å². The molecule has 0 bridgehead atoms. The maximum Gasteiger partial charge on any atom is 0.0998 e. The molecular formula is C14H12N2S. The third-order valence-corrected chi connectivity index (χ3v) is 4.04. The van der Waals surface area contributed by atoms with Crippen LogP contribution in [-0.4, -0.2) is 13.1 Å². The van der Waals surface area contributed by atoms with Gasteiger partial charge in [-0.3, -0.25) is 0 Å². The lowest BCUT2D eigenvalue weighted by Gasteiger charge is -2.13. The second kappa shape index (κ2) is 4.33. The minimum absolute atomic E-state index is 0.783. The zero-order valence-electron chi connectivity index (χ0n) is 9.36. The molecule has 3 rings (SSSR count). The van der Waals surface area contributed by atoms with Crippen LogP contribution in [0.15, 0.2) is 29.7 Å². The van der Waals surface area contributed by atoms with E-state index in [1.807, 2.05) is 12.1 Å². The molecule has 3 heteroatoms. The van der Waals surface area contributed by atoms with Crippen molar-refractivity contribution < 1.29 is 0 Å². The van der Waals surface area contributed by atoms with Crippen molar-refractivity contribution in [1.29, 1.82) is 5.26 Å². The van der Waals surface area contributed by atoms with Gasteiger partial charge in [0.1, 0.15) is 0 Å². The van der Waals surface area contributed by atoms with Crippen LogP contribution in [0.5, 0.6) is 0 Å². The Balaban J connectivity index is 2.24. The van der Waals surface area contributed by atoms with Crippen molar-refractivity contribution in [3.63, 3.8) is 0 Å². The molecule has 1 N–H and O–H groups in total. The molecule has 2 heterocycles. The molecule has 1 aliphatic rings. The molecule has 0 saturated heterocycles. The van der Waals surface area contributed by atoms with Gasteiger partial charge < -0.3 is 5.32 Å². The van der Waals surface area contributed by atoms with Crippen molar-refractivity contribution in [2.45, 2.75) is 6.42 Å². The van der Waals surface area contributed by atoms with Gasteiger partial charge in [0.15, 0.2) is 0 Å². The highest BCUT2D eigenvalue weighted by atomic mass is 32.1. The Kier molecular flexibility index (Phi) is 2.68. The van der Waals surface area contributed by atoms with E-state index in [1.165, 1.54) is 15.8 Å². The molecule has 84 valence electrons. The Morgan fingerprint density at radius 1 is 1.35 bits per heavy atom. The summed E-state index contributed by atoms with van der Waals surface area (Å²) in [5.41, 5.74) is 3.34. The molecule has 0 spiro atoms. The number of hydrogen-bond donors (Lipinski definition) is 1. The van der Waals surface area contributed by atoms with Crippen LogP contribution >= 0.6 is 11.3 Å². The standard InChI is InChI=1S/C14H12N2S/c15-7-10-3-1-5-13-14(10)12(9-17-13)11-4-2-6-16-8-11/h1,3-5,9,16H,2,6,8H2. The fourth-order valence-corrected chi connectivity index (χ4v) is 3.28. The number of fused-ring (bicyclic) bond motifs is 1. The summed E-state index contributed by atoms with van der Waals surface area (Å²) >= 11 is 1.72. The van der Waals surface area contributed by atoms with Crippen LogP contribution in [0.1, 0.15) is 17.5 Å². The SMILES string of the molecule is N#Cc1cccc2scc(C3=CCCNC3)c12. The molecule has 0 radical (unpaired) electrons. The first-order valence-corrected chi connectivity index (χ1v) is 6.58. The van der Waals surface area contributed by atoms with Gasteiger partial charge in [-0.1, -0.05) is 12.1 Å². The molecule has 17 heavy (non-hydrogen) atoms. The van der Waals surface area contributed by atoms with E-state index < -0.39 is 0 Å². The fraction of sp³-hybridized carbons (Fsp3) is 0.214. The van der Waals surface area contributed by atoms with Gasteiger partial charge in [-0.15, -0.1) is 11.3 Å². The lowest BCUT2D eigenvalue weighted by Crippen LogP contribution is -2.21. The highest BCUT2D eigenvalue weighted by molar-refractivity contribution is 7.17. The molecule has 0 saturated carbocycles. The van der Waals surface area contributed by atoms with Gasteiger partial charge in [-0.05, 0) is 41.6 Å². The van der Waals surface area contributed by atoms with Gasteiger partial charge in [0.2, 0.25) is 0 Å². The minimum atomic E-state index is 0.783. The molecule has 1 aromatic heterocycles. The minimum Gasteiger partial charge on any atom is -0.312 e. The first-order valence-electron chi connectivity index (χ1n) is 5.70. The molecule has 2 nitrogen and oxygen atoms in total. The largest absolute Gasteiger partial charge is 0.312 e. The van der Waals surface area contributed by atoms with E-state index in [9.17, 15) is 5.26 Å². The van der Waals surface area contributed by atoms with Crippen LogP contribution in [0.4, 0.5) is 0 Å². The third-order valence-electron chi connectivity index (χ3n) is 3.09. The summed E-state index contributed by atoms with van der Waals surface area (Å²) in [4.78, 5) is 0. The normalized spacial score (nSPS) is 15.6. The van der Waals surface area contributed by atoms with Crippen molar-refractivity contribution in [2.75, 3.05) is 13.1 Å². The fourth-order valence-electron chi connectivity index (χ4n) is 2.27. The number of thiophene rings is 1. The molecule has 0 atom stereocenters.